The molecule has 4 rings (SSSR count). The van der Waals surface area contributed by atoms with Gasteiger partial charge in [-0.15, -0.1) is 11.3 Å². The first-order valence-corrected chi connectivity index (χ1v) is 9.95. The van der Waals surface area contributed by atoms with Gasteiger partial charge in [0.05, 0.1) is 12.2 Å². The van der Waals surface area contributed by atoms with Gasteiger partial charge in [0.1, 0.15) is 5.01 Å². The lowest BCUT2D eigenvalue weighted by Crippen LogP contribution is -2.41. The molecular formula is C19H20ClN5S. The number of halogens is 1. The van der Waals surface area contributed by atoms with E-state index in [9.17, 15) is 0 Å². The first kappa shape index (κ1) is 17.4. The van der Waals surface area contributed by atoms with Crippen molar-refractivity contribution in [3.63, 3.8) is 0 Å². The second kappa shape index (κ2) is 7.70. The van der Waals surface area contributed by atoms with Crippen molar-refractivity contribution in [1.29, 1.82) is 0 Å². The predicted molar refractivity (Wildman–Crippen MR) is 106 cm³/mol. The Morgan fingerprint density at radius 1 is 1.12 bits per heavy atom. The monoisotopic (exact) mass is 385 g/mol. The summed E-state index contributed by atoms with van der Waals surface area (Å²) in [6, 6.07) is 10.1. The topological polar surface area (TPSA) is 62.7 Å². The van der Waals surface area contributed by atoms with Crippen molar-refractivity contribution in [2.75, 3.05) is 18.4 Å². The summed E-state index contributed by atoms with van der Waals surface area (Å²) in [6.45, 7) is 2.51. The van der Waals surface area contributed by atoms with Crippen LogP contribution in [0.25, 0.3) is 0 Å². The fraction of sp³-hybridized carbons (Fsp3) is 0.316. The minimum absolute atomic E-state index is 0.190. The number of anilines is 1. The lowest BCUT2D eigenvalue weighted by Gasteiger charge is -2.38. The molecule has 1 fully saturated rings. The van der Waals surface area contributed by atoms with Crippen LogP contribution in [0.15, 0.2) is 48.1 Å². The van der Waals surface area contributed by atoms with Gasteiger partial charge in [0, 0.05) is 28.2 Å². The molecule has 7 heteroatoms. The van der Waals surface area contributed by atoms with Crippen LogP contribution in [-0.2, 0) is 12.0 Å². The van der Waals surface area contributed by atoms with Crippen LogP contribution in [0.4, 0.5) is 5.95 Å². The summed E-state index contributed by atoms with van der Waals surface area (Å²) < 4.78 is 0. The number of nitrogens with one attached hydrogen (secondary N) is 2. The molecule has 134 valence electrons. The highest BCUT2D eigenvalue weighted by Crippen LogP contribution is 2.42. The third-order valence-corrected chi connectivity index (χ3v) is 5.98. The largest absolute Gasteiger partial charge is 0.348 e. The molecule has 0 saturated carbocycles. The summed E-state index contributed by atoms with van der Waals surface area (Å²) in [7, 11) is 0. The van der Waals surface area contributed by atoms with Gasteiger partial charge in [-0.05, 0) is 43.6 Å². The molecule has 26 heavy (non-hydrogen) atoms. The Balaban J connectivity index is 1.68. The summed E-state index contributed by atoms with van der Waals surface area (Å²) in [6.07, 6.45) is 5.55. The highest BCUT2D eigenvalue weighted by atomic mass is 35.5. The molecule has 2 aromatic heterocycles. The highest BCUT2D eigenvalue weighted by Gasteiger charge is 2.38. The average molecular weight is 386 g/mol. The molecular weight excluding hydrogens is 366 g/mol. The molecule has 1 aliphatic heterocycles. The fourth-order valence-electron chi connectivity index (χ4n) is 3.57. The molecule has 0 amide bonds. The van der Waals surface area contributed by atoms with Crippen LogP contribution in [0.5, 0.6) is 0 Å². The third-order valence-electron chi connectivity index (χ3n) is 4.87. The van der Waals surface area contributed by atoms with Gasteiger partial charge in [0.15, 0.2) is 0 Å². The number of nitrogens with zero attached hydrogens (tertiary/aromatic N) is 3. The summed E-state index contributed by atoms with van der Waals surface area (Å²) >= 11 is 8.20. The number of aromatic nitrogens is 3. The van der Waals surface area contributed by atoms with Crippen LogP contribution in [0.2, 0.25) is 5.02 Å². The zero-order chi connectivity index (χ0) is 17.8. The van der Waals surface area contributed by atoms with Gasteiger partial charge in [0.25, 0.3) is 0 Å². The minimum atomic E-state index is -0.190. The number of hydrogen-bond acceptors (Lipinski definition) is 6. The van der Waals surface area contributed by atoms with Crippen LogP contribution >= 0.6 is 22.9 Å². The molecule has 0 radical (unpaired) electrons. The van der Waals surface area contributed by atoms with E-state index < -0.39 is 0 Å². The van der Waals surface area contributed by atoms with Gasteiger partial charge >= 0.3 is 0 Å². The second-order valence-electron chi connectivity index (χ2n) is 6.36. The molecule has 0 unspecified atom stereocenters. The van der Waals surface area contributed by atoms with E-state index in [4.69, 9.17) is 16.6 Å². The molecule has 0 aliphatic carbocycles. The molecule has 1 saturated heterocycles. The number of hydrogen-bond donors (Lipinski definition) is 2. The summed E-state index contributed by atoms with van der Waals surface area (Å²) in [5, 5.41) is 10.5. The maximum absolute atomic E-state index is 6.58. The molecule has 1 aliphatic rings. The first-order valence-electron chi connectivity index (χ1n) is 8.69. The highest BCUT2D eigenvalue weighted by molar-refractivity contribution is 7.09. The maximum Gasteiger partial charge on any atom is 0.223 e. The van der Waals surface area contributed by atoms with E-state index in [0.717, 1.165) is 47.2 Å². The van der Waals surface area contributed by atoms with Crippen LogP contribution in [0.3, 0.4) is 0 Å². The van der Waals surface area contributed by atoms with Crippen molar-refractivity contribution >= 4 is 28.9 Å². The fourth-order valence-corrected chi connectivity index (χ4v) is 4.44. The number of thiazole rings is 1. The van der Waals surface area contributed by atoms with Crippen molar-refractivity contribution in [1.82, 2.24) is 20.3 Å². The molecule has 5 nitrogen and oxygen atoms in total. The summed E-state index contributed by atoms with van der Waals surface area (Å²) in [5.74, 6) is 0.627. The van der Waals surface area contributed by atoms with Crippen LogP contribution < -0.4 is 10.6 Å². The van der Waals surface area contributed by atoms with E-state index in [1.807, 2.05) is 35.8 Å². The Morgan fingerprint density at radius 2 is 1.96 bits per heavy atom. The Morgan fingerprint density at radius 3 is 2.73 bits per heavy atom. The van der Waals surface area contributed by atoms with Gasteiger partial charge in [-0.3, -0.25) is 0 Å². The third kappa shape index (κ3) is 3.45. The van der Waals surface area contributed by atoms with E-state index in [2.05, 4.69) is 26.7 Å². The number of benzene rings is 1. The number of piperidine rings is 1. The van der Waals surface area contributed by atoms with E-state index in [1.165, 1.54) is 0 Å². The van der Waals surface area contributed by atoms with Gasteiger partial charge in [0.2, 0.25) is 5.95 Å². The van der Waals surface area contributed by atoms with Crippen LogP contribution in [-0.4, -0.2) is 28.0 Å². The minimum Gasteiger partial charge on any atom is -0.348 e. The van der Waals surface area contributed by atoms with E-state index >= 15 is 0 Å². The predicted octanol–water partition coefficient (Wildman–Crippen LogP) is 3.87. The normalized spacial score (nSPS) is 16.3. The zero-order valence-electron chi connectivity index (χ0n) is 14.3. The summed E-state index contributed by atoms with van der Waals surface area (Å²) in [4.78, 5) is 13.5. The molecule has 0 spiro atoms. The SMILES string of the molecule is Clc1ccccc1C1(c2ccnc(NCc3nccs3)n2)CCNCC1. The lowest BCUT2D eigenvalue weighted by atomic mass is 9.70. The quantitative estimate of drug-likeness (QED) is 0.698. The Labute approximate surface area is 161 Å². The smallest absolute Gasteiger partial charge is 0.223 e. The average Bonchev–Trinajstić information content (AvgIpc) is 3.21. The standard InChI is InChI=1S/C19H20ClN5S/c20-15-4-2-1-3-14(15)19(6-9-21-10-7-19)16-5-8-23-18(25-16)24-13-17-22-11-12-26-17/h1-5,8,11-12,21H,6-7,9-10,13H2,(H,23,24,25). The molecule has 3 heterocycles. The van der Waals surface area contributed by atoms with E-state index in [-0.39, 0.29) is 5.41 Å². The molecule has 1 aromatic carbocycles. The van der Waals surface area contributed by atoms with Crippen molar-refractivity contribution in [2.24, 2.45) is 0 Å². The molecule has 3 aromatic rings. The lowest BCUT2D eigenvalue weighted by molar-refractivity contribution is 0.354. The molecule has 2 N–H and O–H groups in total. The van der Waals surface area contributed by atoms with Crippen molar-refractivity contribution in [3.05, 3.63) is 69.4 Å². The Hall–Kier alpha value is -2.02. The maximum atomic E-state index is 6.58. The van der Waals surface area contributed by atoms with Crippen LogP contribution in [0, 0.1) is 0 Å². The van der Waals surface area contributed by atoms with E-state index in [0.29, 0.717) is 12.5 Å². The van der Waals surface area contributed by atoms with Crippen molar-refractivity contribution < 1.29 is 0 Å². The Bertz CT molecular complexity index is 862. The van der Waals surface area contributed by atoms with E-state index in [1.54, 1.807) is 17.5 Å². The van der Waals surface area contributed by atoms with Crippen molar-refractivity contribution in [2.45, 2.75) is 24.8 Å². The molecule has 0 atom stereocenters. The van der Waals surface area contributed by atoms with Gasteiger partial charge < -0.3 is 10.6 Å². The Kier molecular flexibility index (Phi) is 5.15. The second-order valence-corrected chi connectivity index (χ2v) is 7.74. The van der Waals surface area contributed by atoms with Gasteiger partial charge in [-0.25, -0.2) is 15.0 Å². The van der Waals surface area contributed by atoms with Gasteiger partial charge in [-0.1, -0.05) is 29.8 Å². The van der Waals surface area contributed by atoms with Crippen LogP contribution in [0.1, 0.15) is 29.1 Å². The summed E-state index contributed by atoms with van der Waals surface area (Å²) in [5.41, 5.74) is 1.97. The first-order chi connectivity index (χ1) is 12.8. The van der Waals surface area contributed by atoms with Gasteiger partial charge in [-0.2, -0.15) is 0 Å². The zero-order valence-corrected chi connectivity index (χ0v) is 15.9. The number of rotatable bonds is 5. The van der Waals surface area contributed by atoms with Crippen molar-refractivity contribution in [3.8, 4) is 0 Å². The molecule has 0 bridgehead atoms.